The van der Waals surface area contributed by atoms with E-state index in [2.05, 4.69) is 185 Å². The second kappa shape index (κ2) is 45.2. The van der Waals surface area contributed by atoms with Gasteiger partial charge in [0, 0.05) is 26.4 Å². The predicted octanol–water partition coefficient (Wildman–Crippen LogP) is 21.6. The van der Waals surface area contributed by atoms with Gasteiger partial charge in [0.05, 0.1) is 18.2 Å². The highest BCUT2D eigenvalue weighted by atomic mass is 28.5. The second-order valence-electron chi connectivity index (χ2n) is 32.3. The van der Waals surface area contributed by atoms with Gasteiger partial charge in [-0.2, -0.15) is 0 Å². The molecule has 0 aromatic heterocycles. The van der Waals surface area contributed by atoms with Gasteiger partial charge in [-0.3, -0.25) is 9.59 Å². The molecule has 0 aromatic carbocycles. The molecule has 0 spiro atoms. The molecule has 0 radical (unpaired) electrons. The average molecular weight is 1500 g/mol. The monoisotopic (exact) mass is 1500 g/mol. The summed E-state index contributed by atoms with van der Waals surface area (Å²) < 4.78 is 87.6. The SMILES string of the molecule is CCCCCCCCCC(C(=O)OC)[Si](C)(O[Si](C)(C)O[Si](C)(C)C)O[Si](C)(CCCOCCCCC)O[Si](C)(C)O[Si](C)(C)C.CCCCCCCCCC(C(C)=O)[Si](C)(O[Si](C)(C)O[Si](C)(C)C)O[Si](C)(CCCOCCCCC)O[Si](C)(C)O[Si](C)(C)C. The van der Waals surface area contributed by atoms with E-state index in [1.807, 2.05) is 0 Å². The van der Waals surface area contributed by atoms with Gasteiger partial charge in [-0.15, -0.1) is 0 Å². The smallest absolute Gasteiger partial charge is 0.331 e. The van der Waals surface area contributed by atoms with Crippen molar-refractivity contribution in [3.05, 3.63) is 0 Å². The molecule has 0 saturated heterocycles. The summed E-state index contributed by atoms with van der Waals surface area (Å²) in [7, 11) is -28.8. The molecule has 0 amide bonds. The Morgan fingerprint density at radius 1 is 0.297 bits per heavy atom. The maximum Gasteiger partial charge on any atom is 0.331 e. The lowest BCUT2D eigenvalue weighted by molar-refractivity contribution is -0.141. The average Bonchev–Trinajstić information content (AvgIpc) is 0.788. The fourth-order valence-corrected chi connectivity index (χ4v) is 71.9. The third-order valence-corrected chi connectivity index (χ3v) is 60.1. The van der Waals surface area contributed by atoms with Gasteiger partial charge >= 0.3 is 74.5 Å². The lowest BCUT2D eigenvalue weighted by Crippen LogP contribution is -2.64. The zero-order chi connectivity index (χ0) is 70.7. The molecule has 6 unspecified atom stereocenters. The molecule has 0 N–H and O–H groups in total. The van der Waals surface area contributed by atoms with Crippen LogP contribution in [0.25, 0.3) is 0 Å². The molecule has 91 heavy (non-hydrogen) atoms. The summed E-state index contributed by atoms with van der Waals surface area (Å²) >= 11 is 0. The molecule has 0 saturated carbocycles. The molecule has 0 aromatic rings. The fourth-order valence-electron chi connectivity index (χ4n) is 12.8. The van der Waals surface area contributed by atoms with Gasteiger partial charge < -0.3 is 55.4 Å². The van der Waals surface area contributed by atoms with Gasteiger partial charge in [-0.05, 0) is 215 Å². The van der Waals surface area contributed by atoms with Crippen LogP contribution in [0.2, 0.25) is 180 Å². The number of esters is 1. The normalized spacial score (nSPS) is 16.7. The van der Waals surface area contributed by atoms with Crippen LogP contribution in [0.4, 0.5) is 0 Å². The van der Waals surface area contributed by atoms with Crippen LogP contribution in [-0.4, -0.2) is 147 Å². The number of carbonyl (C=O) groups is 2. The Balaban J connectivity index is 0. The molecule has 0 aliphatic rings. The summed E-state index contributed by atoms with van der Waals surface area (Å²) in [4.78, 5) is 27.2. The van der Waals surface area contributed by atoms with Crippen molar-refractivity contribution >= 4 is 114 Å². The van der Waals surface area contributed by atoms with E-state index in [1.165, 1.54) is 97.0 Å². The lowest BCUT2D eigenvalue weighted by atomic mass is 10.1. The third kappa shape index (κ3) is 49.5. The van der Waals surface area contributed by atoms with E-state index in [1.54, 1.807) is 6.92 Å². The van der Waals surface area contributed by atoms with Crippen LogP contribution < -0.4 is 0 Å². The summed E-state index contributed by atoms with van der Waals surface area (Å²) in [5.74, 6) is -0.0816. The second-order valence-corrected chi connectivity index (χ2v) is 79.5. The van der Waals surface area contributed by atoms with Crippen LogP contribution in [0.3, 0.4) is 0 Å². The first-order chi connectivity index (χ1) is 41.5. The lowest BCUT2D eigenvalue weighted by Gasteiger charge is -2.47. The van der Waals surface area contributed by atoms with Gasteiger partial charge in [0.1, 0.15) is 5.78 Å². The maximum absolute atomic E-state index is 13.7. The molecule has 0 aliphatic heterocycles. The van der Waals surface area contributed by atoms with Crippen molar-refractivity contribution in [1.29, 1.82) is 0 Å². The first-order valence-electron chi connectivity index (χ1n) is 36.3. The molecule has 27 heteroatoms. The van der Waals surface area contributed by atoms with Gasteiger partial charge in [0.2, 0.25) is 0 Å². The van der Waals surface area contributed by atoms with Crippen LogP contribution in [0.5, 0.6) is 0 Å². The van der Waals surface area contributed by atoms with Gasteiger partial charge in [0.15, 0.2) is 33.3 Å². The number of methoxy groups -OCH3 is 1. The van der Waals surface area contributed by atoms with Crippen LogP contribution in [-0.2, 0) is 65.0 Å². The minimum absolute atomic E-state index is 0.165. The zero-order valence-corrected chi connectivity index (χ0v) is 77.5. The largest absolute Gasteiger partial charge is 0.469 e. The maximum atomic E-state index is 13.7. The van der Waals surface area contributed by atoms with Crippen LogP contribution in [0, 0.1) is 0 Å². The fraction of sp³-hybridized carbons (Fsp3) is 0.969. The Kier molecular flexibility index (Phi) is 46.8. The topological polar surface area (TPSA) is 154 Å². The van der Waals surface area contributed by atoms with Gasteiger partial charge in [-0.1, -0.05) is 143 Å². The number of Topliss-reactive ketones (excluding diaryl/α,β-unsaturated/α-hetero) is 1. The molecule has 15 nitrogen and oxygen atoms in total. The Hall–Kier alpha value is 1.26. The minimum atomic E-state index is -3.30. The van der Waals surface area contributed by atoms with Gasteiger partial charge in [-0.25, -0.2) is 0 Å². The van der Waals surface area contributed by atoms with Crippen LogP contribution >= 0.6 is 0 Å². The summed E-state index contributed by atoms with van der Waals surface area (Å²) in [5, 5.41) is 0. The summed E-state index contributed by atoms with van der Waals surface area (Å²) in [6, 6.07) is 1.51. The number of ether oxygens (including phenoxy) is 3. The van der Waals surface area contributed by atoms with E-state index in [4.69, 9.17) is 55.4 Å². The van der Waals surface area contributed by atoms with Gasteiger partial charge in [0.25, 0.3) is 0 Å². The summed E-state index contributed by atoms with van der Waals surface area (Å²) in [6.07, 6.45) is 26.7. The van der Waals surface area contributed by atoms with Crippen molar-refractivity contribution in [2.45, 2.75) is 369 Å². The molecule has 0 fully saturated rings. The van der Waals surface area contributed by atoms with Crippen molar-refractivity contribution in [3.63, 3.8) is 0 Å². The van der Waals surface area contributed by atoms with E-state index < -0.39 is 107 Å². The molecule has 6 atom stereocenters. The number of unbranched alkanes of at least 4 members (excludes halogenated alkanes) is 16. The number of hydrogen-bond donors (Lipinski definition) is 0. The van der Waals surface area contributed by atoms with Crippen molar-refractivity contribution in [2.75, 3.05) is 33.5 Å². The molecular formula is C64H152O15Si12. The van der Waals surface area contributed by atoms with Crippen LogP contribution in [0.15, 0.2) is 0 Å². The van der Waals surface area contributed by atoms with Crippen molar-refractivity contribution in [2.24, 2.45) is 0 Å². The molecule has 0 bridgehead atoms. The van der Waals surface area contributed by atoms with E-state index in [0.29, 0.717) is 19.6 Å². The molecule has 0 aliphatic carbocycles. The Morgan fingerprint density at radius 3 is 0.835 bits per heavy atom. The standard InChI is InChI=1S/C32H76O8Si6.C32H76O7Si6/c1-16-18-20-21-22-23-24-27-31(32(33)34-3)46(15,39-44(12,13)37-42(7,8)9)40-45(14,30-26-29-35-28-25-19-17-2)38-43(10,11)36-41(4,5)6;1-16-18-20-21-22-23-24-27-32(31(3)33)45(15,38-43(12,13)36-41(7,8)9)39-44(14,30-26-29-34-28-25-19-17-2)37-42(10,11)35-40(4,5)6/h31H,16-30H2,1-15H3;32H,16-30H2,1-15H3. The number of rotatable bonds is 56. The first-order valence-corrected chi connectivity index (χ1v) is 71.0. The Morgan fingerprint density at radius 2 is 0.549 bits per heavy atom. The molecule has 0 heterocycles. The zero-order valence-electron chi connectivity index (χ0n) is 65.5. The number of hydrogen-bond acceptors (Lipinski definition) is 15. The Labute approximate surface area is 577 Å². The number of carbonyl (C=O) groups excluding carboxylic acids is 2. The van der Waals surface area contributed by atoms with E-state index >= 15 is 0 Å². The highest BCUT2D eigenvalue weighted by molar-refractivity contribution is 6.94. The van der Waals surface area contributed by atoms with Crippen LogP contribution in [0.1, 0.15) is 189 Å². The number of ketones is 1. The first kappa shape index (κ1) is 94.3. The van der Waals surface area contributed by atoms with Crippen molar-refractivity contribution in [1.82, 2.24) is 0 Å². The molecule has 546 valence electrons. The quantitative estimate of drug-likeness (QED) is 0.0322. The van der Waals surface area contributed by atoms with E-state index in [0.717, 1.165) is 83.1 Å². The van der Waals surface area contributed by atoms with Crippen molar-refractivity contribution in [3.8, 4) is 0 Å². The highest BCUT2D eigenvalue weighted by Crippen LogP contribution is 2.41. The summed E-state index contributed by atoms with van der Waals surface area (Å²) in [5.41, 5.74) is -0.748. The minimum Gasteiger partial charge on any atom is -0.469 e. The summed E-state index contributed by atoms with van der Waals surface area (Å²) in [6.45, 7) is 65.5. The molecular weight excluding hydrogens is 1350 g/mol. The Bertz CT molecular complexity index is 1920. The van der Waals surface area contributed by atoms with E-state index in [9.17, 15) is 9.59 Å². The molecule has 0 rings (SSSR count). The third-order valence-electron chi connectivity index (χ3n) is 14.9. The van der Waals surface area contributed by atoms with Crippen molar-refractivity contribution < 1.29 is 65.0 Å². The highest BCUT2D eigenvalue weighted by Gasteiger charge is 2.58. The predicted molar refractivity (Wildman–Crippen MR) is 416 cm³/mol. The van der Waals surface area contributed by atoms with E-state index in [-0.39, 0.29) is 17.3 Å².